The van der Waals surface area contributed by atoms with Crippen LogP contribution in [-0.4, -0.2) is 65.3 Å². The number of nitro benzene ring substituents is 1. The van der Waals surface area contributed by atoms with E-state index < -0.39 is 22.7 Å². The smallest absolute Gasteiger partial charge is 0.295 e. The Morgan fingerprint density at radius 2 is 1.91 bits per heavy atom. The Balaban J connectivity index is 2.17. The van der Waals surface area contributed by atoms with Gasteiger partial charge in [0.15, 0.2) is 0 Å². The Kier molecular flexibility index (Phi) is 6.89. The van der Waals surface area contributed by atoms with E-state index in [2.05, 4.69) is 0 Å². The van der Waals surface area contributed by atoms with Gasteiger partial charge in [0.25, 0.3) is 17.4 Å². The predicted molar refractivity (Wildman–Crippen MR) is 118 cm³/mol. The van der Waals surface area contributed by atoms with Gasteiger partial charge in [0.05, 0.1) is 23.1 Å². The zero-order valence-corrected chi connectivity index (χ0v) is 18.1. The largest absolute Gasteiger partial charge is 0.507 e. The zero-order valence-electron chi connectivity index (χ0n) is 18.1. The van der Waals surface area contributed by atoms with Crippen LogP contribution in [0.15, 0.2) is 54.1 Å². The second kappa shape index (κ2) is 9.61. The van der Waals surface area contributed by atoms with E-state index in [1.807, 2.05) is 25.9 Å². The van der Waals surface area contributed by atoms with Crippen LogP contribution in [0.4, 0.5) is 5.69 Å². The second-order valence-electron chi connectivity index (χ2n) is 7.61. The number of Topliss-reactive ketones (excluding diaryl/α,β-unsaturated/α-hetero) is 1. The van der Waals surface area contributed by atoms with Gasteiger partial charge in [-0.1, -0.05) is 24.3 Å². The number of rotatable bonds is 8. The highest BCUT2D eigenvalue weighted by Gasteiger charge is 2.46. The molecule has 9 nitrogen and oxygen atoms in total. The number of likely N-dealkylation sites (tertiary alicyclic amines) is 1. The average Bonchev–Trinajstić information content (AvgIpc) is 3.02. The number of likely N-dealkylation sites (N-methyl/N-ethyl adjacent to an activating group) is 1. The molecule has 1 N–H and O–H groups in total. The molecule has 1 heterocycles. The van der Waals surface area contributed by atoms with Crippen molar-refractivity contribution in [1.29, 1.82) is 0 Å². The number of aliphatic hydroxyl groups excluding tert-OH is 1. The highest BCUT2D eigenvalue weighted by atomic mass is 16.6. The van der Waals surface area contributed by atoms with Gasteiger partial charge in [-0.25, -0.2) is 0 Å². The molecule has 2 aromatic rings. The first-order chi connectivity index (χ1) is 15.2. The molecule has 0 radical (unpaired) electrons. The molecule has 32 heavy (non-hydrogen) atoms. The lowest BCUT2D eigenvalue weighted by molar-refractivity contribution is -0.384. The van der Waals surface area contributed by atoms with Crippen LogP contribution < -0.4 is 4.74 Å². The van der Waals surface area contributed by atoms with E-state index in [0.717, 1.165) is 0 Å². The molecule has 1 amide bonds. The van der Waals surface area contributed by atoms with E-state index >= 15 is 0 Å². The van der Waals surface area contributed by atoms with E-state index in [1.165, 1.54) is 23.1 Å². The SMILES string of the molecule is CCOc1cccc(C(O)=C2C(=O)C(=O)N(CCN(C)C)C2c2cccc([N+](=O)[O-])c2)c1. The molecule has 2 aromatic carbocycles. The molecule has 0 bridgehead atoms. The summed E-state index contributed by atoms with van der Waals surface area (Å²) >= 11 is 0. The van der Waals surface area contributed by atoms with Gasteiger partial charge in [-0.05, 0) is 38.7 Å². The molecule has 3 rings (SSSR count). The monoisotopic (exact) mass is 439 g/mol. The summed E-state index contributed by atoms with van der Waals surface area (Å²) in [6.07, 6.45) is 0. The number of ether oxygens (including phenoxy) is 1. The van der Waals surface area contributed by atoms with E-state index in [-0.39, 0.29) is 23.6 Å². The number of hydrogen-bond donors (Lipinski definition) is 1. The Morgan fingerprint density at radius 3 is 2.56 bits per heavy atom. The van der Waals surface area contributed by atoms with E-state index in [0.29, 0.717) is 30.0 Å². The fraction of sp³-hybridized carbons (Fsp3) is 0.304. The molecule has 168 valence electrons. The molecular formula is C23H25N3O6. The molecule has 0 aliphatic carbocycles. The molecule has 1 saturated heterocycles. The van der Waals surface area contributed by atoms with Crippen molar-refractivity contribution in [3.8, 4) is 5.75 Å². The number of hydrogen-bond acceptors (Lipinski definition) is 7. The summed E-state index contributed by atoms with van der Waals surface area (Å²) in [6.45, 7) is 2.93. The Morgan fingerprint density at radius 1 is 1.19 bits per heavy atom. The molecule has 1 fully saturated rings. The number of ketones is 1. The maximum atomic E-state index is 13.0. The highest BCUT2D eigenvalue weighted by Crippen LogP contribution is 2.40. The van der Waals surface area contributed by atoms with Crippen LogP contribution in [0, 0.1) is 10.1 Å². The van der Waals surface area contributed by atoms with Gasteiger partial charge in [-0.2, -0.15) is 0 Å². The standard InChI is InChI=1S/C23H25N3O6/c1-4-32-18-10-6-8-16(14-18)21(27)19-20(15-7-5-9-17(13-15)26(30)31)25(12-11-24(2)3)23(29)22(19)28/h5-10,13-14,20,27H,4,11-12H2,1-3H3. The van der Waals surface area contributed by atoms with Gasteiger partial charge in [0.1, 0.15) is 11.5 Å². The third-order valence-electron chi connectivity index (χ3n) is 5.14. The number of nitrogens with zero attached hydrogens (tertiary/aromatic N) is 3. The molecule has 1 aliphatic rings. The summed E-state index contributed by atoms with van der Waals surface area (Å²) in [5, 5.41) is 22.4. The minimum Gasteiger partial charge on any atom is -0.507 e. The van der Waals surface area contributed by atoms with Gasteiger partial charge >= 0.3 is 0 Å². The van der Waals surface area contributed by atoms with Crippen LogP contribution in [0.1, 0.15) is 24.1 Å². The summed E-state index contributed by atoms with van der Waals surface area (Å²) in [6, 6.07) is 11.4. The van der Waals surface area contributed by atoms with Crippen LogP contribution in [0.25, 0.3) is 5.76 Å². The van der Waals surface area contributed by atoms with Crippen LogP contribution in [-0.2, 0) is 9.59 Å². The third kappa shape index (κ3) is 4.62. The lowest BCUT2D eigenvalue weighted by Gasteiger charge is -2.26. The fourth-order valence-corrected chi connectivity index (χ4v) is 3.63. The summed E-state index contributed by atoms with van der Waals surface area (Å²) < 4.78 is 5.47. The normalized spacial score (nSPS) is 17.8. The molecule has 0 spiro atoms. The van der Waals surface area contributed by atoms with E-state index in [1.54, 1.807) is 30.3 Å². The molecule has 0 saturated carbocycles. The predicted octanol–water partition coefficient (Wildman–Crippen LogP) is 2.98. The van der Waals surface area contributed by atoms with Crippen LogP contribution in [0.3, 0.4) is 0 Å². The molecule has 1 aliphatic heterocycles. The first-order valence-corrected chi connectivity index (χ1v) is 10.1. The van der Waals surface area contributed by atoms with Gasteiger partial charge < -0.3 is 19.6 Å². The van der Waals surface area contributed by atoms with Crippen molar-refractivity contribution in [1.82, 2.24) is 9.80 Å². The Labute approximate surface area is 185 Å². The average molecular weight is 439 g/mol. The van der Waals surface area contributed by atoms with Gasteiger partial charge in [-0.15, -0.1) is 0 Å². The van der Waals surface area contributed by atoms with Crippen molar-refractivity contribution < 1.29 is 24.4 Å². The number of nitro groups is 1. The first kappa shape index (κ1) is 23.0. The van der Waals surface area contributed by atoms with Crippen molar-refractivity contribution >= 4 is 23.1 Å². The van der Waals surface area contributed by atoms with Crippen molar-refractivity contribution in [3.63, 3.8) is 0 Å². The first-order valence-electron chi connectivity index (χ1n) is 10.1. The van der Waals surface area contributed by atoms with Crippen molar-refractivity contribution in [2.24, 2.45) is 0 Å². The maximum Gasteiger partial charge on any atom is 0.295 e. The van der Waals surface area contributed by atoms with Crippen LogP contribution in [0.2, 0.25) is 0 Å². The summed E-state index contributed by atoms with van der Waals surface area (Å²) in [7, 11) is 3.66. The molecule has 0 aromatic heterocycles. The second-order valence-corrected chi connectivity index (χ2v) is 7.61. The van der Waals surface area contributed by atoms with Gasteiger partial charge in [0.2, 0.25) is 0 Å². The maximum absolute atomic E-state index is 13.0. The molecular weight excluding hydrogens is 414 g/mol. The fourth-order valence-electron chi connectivity index (χ4n) is 3.63. The van der Waals surface area contributed by atoms with Crippen LogP contribution in [0.5, 0.6) is 5.75 Å². The number of carbonyl (C=O) groups excluding carboxylic acids is 2. The topological polar surface area (TPSA) is 113 Å². The minimum absolute atomic E-state index is 0.108. The summed E-state index contributed by atoms with van der Waals surface area (Å²) in [5.74, 6) is -1.44. The number of benzene rings is 2. The lowest BCUT2D eigenvalue weighted by Crippen LogP contribution is -2.35. The number of amides is 1. The third-order valence-corrected chi connectivity index (χ3v) is 5.14. The van der Waals surface area contributed by atoms with Gasteiger partial charge in [-0.3, -0.25) is 19.7 Å². The highest BCUT2D eigenvalue weighted by molar-refractivity contribution is 6.46. The minimum atomic E-state index is -0.953. The van der Waals surface area contributed by atoms with Crippen LogP contribution >= 0.6 is 0 Å². The number of carbonyl (C=O) groups is 2. The number of non-ortho nitro benzene ring substituents is 1. The van der Waals surface area contributed by atoms with E-state index in [4.69, 9.17) is 4.74 Å². The zero-order chi connectivity index (χ0) is 23.4. The quantitative estimate of drug-likeness (QED) is 0.221. The van der Waals surface area contributed by atoms with Crippen molar-refractivity contribution in [2.75, 3.05) is 33.8 Å². The van der Waals surface area contributed by atoms with Crippen molar-refractivity contribution in [2.45, 2.75) is 13.0 Å². The van der Waals surface area contributed by atoms with Crippen molar-refractivity contribution in [3.05, 3.63) is 75.3 Å². The number of aliphatic hydroxyl groups is 1. The Hall–Kier alpha value is -3.72. The lowest BCUT2D eigenvalue weighted by atomic mass is 9.95. The Bertz CT molecular complexity index is 1080. The van der Waals surface area contributed by atoms with Gasteiger partial charge in [0, 0.05) is 30.8 Å². The molecule has 1 atom stereocenters. The molecule has 1 unspecified atom stereocenters. The molecule has 9 heteroatoms. The summed E-state index contributed by atoms with van der Waals surface area (Å²) in [4.78, 5) is 39.9. The van der Waals surface area contributed by atoms with E-state index in [9.17, 15) is 24.8 Å². The summed E-state index contributed by atoms with van der Waals surface area (Å²) in [5.41, 5.74) is 0.415.